The summed E-state index contributed by atoms with van der Waals surface area (Å²) in [4.78, 5) is 35.6. The molecule has 0 atom stereocenters. The zero-order valence-corrected chi connectivity index (χ0v) is 21.9. The van der Waals surface area contributed by atoms with Crippen molar-refractivity contribution in [3.8, 4) is 11.3 Å². The van der Waals surface area contributed by atoms with Crippen LogP contribution in [0.5, 0.6) is 0 Å². The summed E-state index contributed by atoms with van der Waals surface area (Å²) in [6, 6.07) is 12.2. The molecule has 1 aromatic carbocycles. The van der Waals surface area contributed by atoms with E-state index in [4.69, 9.17) is 9.47 Å². The van der Waals surface area contributed by atoms with Gasteiger partial charge >= 0.3 is 6.09 Å². The Kier molecular flexibility index (Phi) is 8.26. The van der Waals surface area contributed by atoms with Gasteiger partial charge in [-0.05, 0) is 64.4 Å². The third-order valence-electron chi connectivity index (χ3n) is 6.72. The Morgan fingerprint density at radius 2 is 1.67 bits per heavy atom. The quantitative estimate of drug-likeness (QED) is 0.624. The van der Waals surface area contributed by atoms with E-state index in [0.717, 1.165) is 36.2 Å². The number of hydrogen-bond donors (Lipinski definition) is 0. The molecule has 0 radical (unpaired) electrons. The summed E-state index contributed by atoms with van der Waals surface area (Å²) < 4.78 is 10.8. The number of piperidine rings is 1. The Hall–Kier alpha value is -2.97. The second-order valence-corrected chi connectivity index (χ2v) is 10.6. The van der Waals surface area contributed by atoms with E-state index in [9.17, 15) is 9.59 Å². The van der Waals surface area contributed by atoms with Crippen molar-refractivity contribution in [2.45, 2.75) is 51.8 Å². The molecule has 8 nitrogen and oxygen atoms in total. The molecule has 4 rings (SSSR count). The van der Waals surface area contributed by atoms with Gasteiger partial charge in [-0.15, -0.1) is 0 Å². The Balaban J connectivity index is 1.28. The predicted octanol–water partition coefficient (Wildman–Crippen LogP) is 4.05. The maximum absolute atomic E-state index is 12.7. The molecule has 2 aromatic rings. The molecule has 36 heavy (non-hydrogen) atoms. The van der Waals surface area contributed by atoms with Gasteiger partial charge in [-0.2, -0.15) is 0 Å². The van der Waals surface area contributed by atoms with E-state index < -0.39 is 5.60 Å². The van der Waals surface area contributed by atoms with Crippen molar-refractivity contribution >= 4 is 12.0 Å². The fourth-order valence-electron chi connectivity index (χ4n) is 4.65. The first-order valence-electron chi connectivity index (χ1n) is 12.8. The molecule has 194 valence electrons. The average molecular weight is 495 g/mol. The molecule has 2 fully saturated rings. The SMILES string of the molecule is CN(Cc1ccc(-c2ccc(C(=O)N3CCOCC3)cc2)nc1)C1CCN(C(=O)OC(C)(C)C)CC1. The first kappa shape index (κ1) is 26.1. The minimum absolute atomic E-state index is 0.0492. The monoisotopic (exact) mass is 494 g/mol. The molecule has 0 spiro atoms. The van der Waals surface area contributed by atoms with Crippen LogP contribution in [-0.2, 0) is 16.0 Å². The topological polar surface area (TPSA) is 75.2 Å². The molecule has 0 bridgehead atoms. The van der Waals surface area contributed by atoms with Gasteiger partial charge in [0.05, 0.1) is 18.9 Å². The summed E-state index contributed by atoms with van der Waals surface area (Å²) in [6.45, 7) is 10.4. The van der Waals surface area contributed by atoms with Crippen LogP contribution in [0.2, 0.25) is 0 Å². The minimum Gasteiger partial charge on any atom is -0.444 e. The average Bonchev–Trinajstić information content (AvgIpc) is 2.88. The number of ether oxygens (including phenoxy) is 2. The number of aromatic nitrogens is 1. The molecule has 2 saturated heterocycles. The zero-order chi connectivity index (χ0) is 25.7. The number of hydrogen-bond acceptors (Lipinski definition) is 6. The van der Waals surface area contributed by atoms with Crippen LogP contribution in [0, 0.1) is 0 Å². The summed E-state index contributed by atoms with van der Waals surface area (Å²) in [7, 11) is 2.13. The van der Waals surface area contributed by atoms with Crippen molar-refractivity contribution in [1.29, 1.82) is 0 Å². The van der Waals surface area contributed by atoms with Crippen molar-refractivity contribution in [2.24, 2.45) is 0 Å². The summed E-state index contributed by atoms with van der Waals surface area (Å²) in [5.74, 6) is 0.0492. The zero-order valence-electron chi connectivity index (χ0n) is 21.9. The van der Waals surface area contributed by atoms with Gasteiger partial charge in [0.15, 0.2) is 0 Å². The molecular weight excluding hydrogens is 456 g/mol. The number of benzene rings is 1. The second-order valence-electron chi connectivity index (χ2n) is 10.6. The lowest BCUT2D eigenvalue weighted by atomic mass is 10.0. The maximum Gasteiger partial charge on any atom is 0.410 e. The summed E-state index contributed by atoms with van der Waals surface area (Å²) >= 11 is 0. The van der Waals surface area contributed by atoms with E-state index >= 15 is 0 Å². The molecule has 0 unspecified atom stereocenters. The van der Waals surface area contributed by atoms with Gasteiger partial charge in [0.2, 0.25) is 0 Å². The fraction of sp³-hybridized carbons (Fsp3) is 0.536. The number of carbonyl (C=O) groups is 2. The van der Waals surface area contributed by atoms with Gasteiger partial charge in [0.25, 0.3) is 5.91 Å². The summed E-state index contributed by atoms with van der Waals surface area (Å²) in [6.07, 6.45) is 3.56. The largest absolute Gasteiger partial charge is 0.444 e. The van der Waals surface area contributed by atoms with E-state index in [1.165, 1.54) is 0 Å². The molecule has 0 aliphatic carbocycles. The highest BCUT2D eigenvalue weighted by atomic mass is 16.6. The van der Waals surface area contributed by atoms with E-state index in [1.807, 2.05) is 67.1 Å². The highest BCUT2D eigenvalue weighted by Crippen LogP contribution is 2.22. The highest BCUT2D eigenvalue weighted by molar-refractivity contribution is 5.94. The first-order valence-corrected chi connectivity index (χ1v) is 12.8. The number of carbonyl (C=O) groups excluding carboxylic acids is 2. The molecule has 0 saturated carbocycles. The molecule has 1 aromatic heterocycles. The summed E-state index contributed by atoms with van der Waals surface area (Å²) in [5.41, 5.74) is 3.25. The molecule has 2 amide bonds. The third kappa shape index (κ3) is 6.83. The van der Waals surface area contributed by atoms with Gasteiger partial charge in [-0.1, -0.05) is 18.2 Å². The highest BCUT2D eigenvalue weighted by Gasteiger charge is 2.28. The van der Waals surface area contributed by atoms with Gasteiger partial charge in [0.1, 0.15) is 5.60 Å². The van der Waals surface area contributed by atoms with Crippen LogP contribution >= 0.6 is 0 Å². The van der Waals surface area contributed by atoms with Crippen LogP contribution in [0.15, 0.2) is 42.6 Å². The third-order valence-corrected chi connectivity index (χ3v) is 6.72. The Bertz CT molecular complexity index is 1020. The lowest BCUT2D eigenvalue weighted by molar-refractivity contribution is 0.0153. The van der Waals surface area contributed by atoms with Crippen molar-refractivity contribution in [3.63, 3.8) is 0 Å². The molecule has 8 heteroatoms. The number of morpholine rings is 1. The molecule has 0 N–H and O–H groups in total. The van der Waals surface area contributed by atoms with E-state index in [0.29, 0.717) is 51.0 Å². The number of amides is 2. The van der Waals surface area contributed by atoms with Crippen molar-refractivity contribution in [3.05, 3.63) is 53.7 Å². The van der Waals surface area contributed by atoms with Crippen LogP contribution in [0.25, 0.3) is 11.3 Å². The van der Waals surface area contributed by atoms with Crippen LogP contribution < -0.4 is 0 Å². The number of likely N-dealkylation sites (tertiary alicyclic amines) is 1. The Morgan fingerprint density at radius 3 is 2.25 bits per heavy atom. The minimum atomic E-state index is -0.466. The maximum atomic E-state index is 12.7. The van der Waals surface area contributed by atoms with Crippen LogP contribution in [0.4, 0.5) is 4.79 Å². The molecule has 3 heterocycles. The van der Waals surface area contributed by atoms with Gasteiger partial charge in [0, 0.05) is 56.1 Å². The van der Waals surface area contributed by atoms with Gasteiger partial charge in [-0.3, -0.25) is 14.7 Å². The van der Waals surface area contributed by atoms with E-state index in [2.05, 4.69) is 23.0 Å². The molecular formula is C28H38N4O4. The second kappa shape index (κ2) is 11.4. The summed E-state index contributed by atoms with van der Waals surface area (Å²) in [5, 5.41) is 0. The Labute approximate surface area is 214 Å². The normalized spacial score (nSPS) is 17.4. The van der Waals surface area contributed by atoms with Crippen molar-refractivity contribution in [2.75, 3.05) is 46.4 Å². The lowest BCUT2D eigenvalue weighted by Crippen LogP contribution is -2.46. The molecule has 2 aliphatic heterocycles. The van der Waals surface area contributed by atoms with Gasteiger partial charge < -0.3 is 19.3 Å². The van der Waals surface area contributed by atoms with Crippen LogP contribution in [-0.4, -0.2) is 89.8 Å². The first-order chi connectivity index (χ1) is 17.2. The number of nitrogens with zero attached hydrogens (tertiary/aromatic N) is 4. The number of pyridine rings is 1. The van der Waals surface area contributed by atoms with Gasteiger partial charge in [-0.25, -0.2) is 4.79 Å². The van der Waals surface area contributed by atoms with Crippen LogP contribution in [0.3, 0.4) is 0 Å². The number of rotatable bonds is 5. The standard InChI is InChI=1S/C28H38N4O4/c1-28(2,3)36-27(34)32-13-11-24(12-14-32)30(4)20-21-5-10-25(29-19-21)22-6-8-23(9-7-22)26(33)31-15-17-35-18-16-31/h5-10,19,24H,11-18,20H2,1-4H3. The fourth-order valence-corrected chi connectivity index (χ4v) is 4.65. The predicted molar refractivity (Wildman–Crippen MR) is 139 cm³/mol. The van der Waals surface area contributed by atoms with E-state index in [1.54, 1.807) is 0 Å². The van der Waals surface area contributed by atoms with Crippen LogP contribution in [0.1, 0.15) is 49.5 Å². The Morgan fingerprint density at radius 1 is 1.00 bits per heavy atom. The van der Waals surface area contributed by atoms with Crippen molar-refractivity contribution in [1.82, 2.24) is 19.7 Å². The lowest BCUT2D eigenvalue weighted by Gasteiger charge is -2.37. The van der Waals surface area contributed by atoms with E-state index in [-0.39, 0.29) is 12.0 Å². The van der Waals surface area contributed by atoms with Crippen molar-refractivity contribution < 1.29 is 19.1 Å². The molecule has 2 aliphatic rings. The smallest absolute Gasteiger partial charge is 0.410 e.